The molecule has 0 amide bonds. The Labute approximate surface area is 108 Å². The van der Waals surface area contributed by atoms with E-state index in [9.17, 15) is 4.79 Å². The van der Waals surface area contributed by atoms with Gasteiger partial charge in [0.15, 0.2) is 4.34 Å². The van der Waals surface area contributed by atoms with E-state index in [4.69, 9.17) is 4.74 Å². The molecule has 1 aromatic heterocycles. The maximum absolute atomic E-state index is 11.2. The van der Waals surface area contributed by atoms with E-state index >= 15 is 0 Å². The molecule has 8 heteroatoms. The van der Waals surface area contributed by atoms with Crippen LogP contribution < -0.4 is 5.32 Å². The molecule has 1 heterocycles. The third-order valence-electron chi connectivity index (χ3n) is 1.80. The minimum atomic E-state index is -0.278. The van der Waals surface area contributed by atoms with Crippen LogP contribution in [0.1, 0.15) is 6.92 Å². The summed E-state index contributed by atoms with van der Waals surface area (Å²) in [4.78, 5) is 11.2. The zero-order valence-corrected chi connectivity index (χ0v) is 11.6. The Morgan fingerprint density at radius 3 is 2.94 bits per heavy atom. The van der Waals surface area contributed by atoms with Crippen molar-refractivity contribution in [3.8, 4) is 0 Å². The summed E-state index contributed by atoms with van der Waals surface area (Å²) in [7, 11) is 3.01. The van der Waals surface area contributed by atoms with Crippen LogP contribution in [0.3, 0.4) is 0 Å². The Balaban J connectivity index is 2.42. The van der Waals surface area contributed by atoms with Gasteiger partial charge < -0.3 is 14.8 Å². The molecule has 0 saturated heterocycles. The van der Waals surface area contributed by atoms with Crippen molar-refractivity contribution < 1.29 is 14.3 Å². The Hall–Kier alpha value is -0.860. The number of methoxy groups -OCH3 is 2. The highest BCUT2D eigenvalue weighted by Gasteiger charge is 2.17. The van der Waals surface area contributed by atoms with Gasteiger partial charge in [-0.1, -0.05) is 23.1 Å². The first-order valence-electron chi connectivity index (χ1n) is 4.98. The van der Waals surface area contributed by atoms with Crippen molar-refractivity contribution in [1.29, 1.82) is 0 Å². The van der Waals surface area contributed by atoms with Crippen molar-refractivity contribution in [2.24, 2.45) is 0 Å². The number of nitrogens with one attached hydrogen (secondary N) is 1. The van der Waals surface area contributed by atoms with E-state index in [0.717, 1.165) is 9.47 Å². The van der Waals surface area contributed by atoms with Gasteiger partial charge in [-0.25, -0.2) is 0 Å². The highest BCUT2D eigenvalue weighted by Crippen LogP contribution is 2.29. The van der Waals surface area contributed by atoms with E-state index in [-0.39, 0.29) is 11.2 Å². The molecule has 1 atom stereocenters. The third kappa shape index (κ3) is 4.88. The van der Waals surface area contributed by atoms with E-state index in [1.54, 1.807) is 14.0 Å². The average molecular weight is 277 g/mol. The molecular weight excluding hydrogens is 262 g/mol. The SMILES string of the molecule is COCCNc1nnc(S[C@H](C)C(=O)OC)s1. The van der Waals surface area contributed by atoms with Gasteiger partial charge in [-0.3, -0.25) is 4.79 Å². The van der Waals surface area contributed by atoms with Gasteiger partial charge in [-0.2, -0.15) is 0 Å². The second kappa shape index (κ2) is 7.46. The van der Waals surface area contributed by atoms with Crippen molar-refractivity contribution in [2.75, 3.05) is 32.7 Å². The monoisotopic (exact) mass is 277 g/mol. The fourth-order valence-electron chi connectivity index (χ4n) is 0.954. The minimum absolute atomic E-state index is 0.265. The quantitative estimate of drug-likeness (QED) is 0.457. The van der Waals surface area contributed by atoms with Crippen LogP contribution in [-0.4, -0.2) is 48.8 Å². The number of rotatable bonds is 7. The molecule has 6 nitrogen and oxygen atoms in total. The molecule has 0 spiro atoms. The lowest BCUT2D eigenvalue weighted by molar-refractivity contribution is -0.139. The first kappa shape index (κ1) is 14.2. The van der Waals surface area contributed by atoms with Crippen LogP contribution in [0, 0.1) is 0 Å². The smallest absolute Gasteiger partial charge is 0.318 e. The second-order valence-corrected chi connectivity index (χ2v) is 5.64. The summed E-state index contributed by atoms with van der Waals surface area (Å²) in [6.45, 7) is 3.07. The summed E-state index contributed by atoms with van der Waals surface area (Å²) in [5, 5.41) is 11.4. The molecule has 0 fully saturated rings. The first-order valence-corrected chi connectivity index (χ1v) is 6.67. The van der Waals surface area contributed by atoms with Gasteiger partial charge in [-0.15, -0.1) is 10.2 Å². The number of ether oxygens (including phenoxy) is 2. The van der Waals surface area contributed by atoms with Crippen molar-refractivity contribution >= 4 is 34.2 Å². The third-order valence-corrected chi connectivity index (χ3v) is 3.84. The van der Waals surface area contributed by atoms with Crippen LogP contribution >= 0.6 is 23.1 Å². The maximum Gasteiger partial charge on any atom is 0.318 e. The van der Waals surface area contributed by atoms with Gasteiger partial charge in [0, 0.05) is 13.7 Å². The van der Waals surface area contributed by atoms with Gasteiger partial charge in [0.25, 0.3) is 0 Å². The van der Waals surface area contributed by atoms with Gasteiger partial charge in [0.2, 0.25) is 5.13 Å². The standard InChI is InChI=1S/C9H15N3O3S2/c1-6(7(13)15-3)16-9-12-11-8(17-9)10-4-5-14-2/h6H,4-5H2,1-3H3,(H,10,11)/t6-/m1/s1. The van der Waals surface area contributed by atoms with Gasteiger partial charge in [0.05, 0.1) is 13.7 Å². The Morgan fingerprint density at radius 2 is 2.29 bits per heavy atom. The number of esters is 1. The van der Waals surface area contributed by atoms with Gasteiger partial charge in [-0.05, 0) is 6.92 Å². The van der Waals surface area contributed by atoms with Gasteiger partial charge >= 0.3 is 5.97 Å². The van der Waals surface area contributed by atoms with Crippen molar-refractivity contribution in [1.82, 2.24) is 10.2 Å². The van der Waals surface area contributed by atoms with Crippen LogP contribution in [0.15, 0.2) is 4.34 Å². The lowest BCUT2D eigenvalue weighted by atomic mass is 10.5. The topological polar surface area (TPSA) is 73.3 Å². The number of carbonyl (C=O) groups is 1. The molecule has 96 valence electrons. The number of nitrogens with zero attached hydrogens (tertiary/aromatic N) is 2. The molecule has 0 radical (unpaired) electrons. The van der Waals surface area contributed by atoms with Crippen LogP contribution in [-0.2, 0) is 14.3 Å². The number of thioether (sulfide) groups is 1. The second-order valence-electron chi connectivity index (χ2n) is 3.08. The van der Waals surface area contributed by atoms with Crippen molar-refractivity contribution in [3.63, 3.8) is 0 Å². The first-order chi connectivity index (χ1) is 8.17. The fraction of sp³-hybridized carbons (Fsp3) is 0.667. The summed E-state index contributed by atoms with van der Waals surface area (Å²) >= 11 is 2.74. The van der Waals surface area contributed by atoms with E-state index in [2.05, 4.69) is 20.3 Å². The molecule has 0 aliphatic rings. The van der Waals surface area contributed by atoms with Gasteiger partial charge in [0.1, 0.15) is 5.25 Å². The van der Waals surface area contributed by atoms with Crippen molar-refractivity contribution in [2.45, 2.75) is 16.5 Å². The largest absolute Gasteiger partial charge is 0.468 e. The predicted molar refractivity (Wildman–Crippen MR) is 67.6 cm³/mol. The fourth-order valence-corrected chi connectivity index (χ4v) is 2.90. The number of aromatic nitrogens is 2. The number of carbonyl (C=O) groups excluding carboxylic acids is 1. The molecule has 0 saturated carbocycles. The summed E-state index contributed by atoms with van der Waals surface area (Å²) in [5.74, 6) is -0.265. The zero-order valence-electron chi connectivity index (χ0n) is 9.93. The van der Waals surface area contributed by atoms with E-state index in [0.29, 0.717) is 13.2 Å². The van der Waals surface area contributed by atoms with E-state index < -0.39 is 0 Å². The number of anilines is 1. The molecule has 17 heavy (non-hydrogen) atoms. The van der Waals surface area contributed by atoms with Crippen LogP contribution in [0.5, 0.6) is 0 Å². The number of hydrogen-bond acceptors (Lipinski definition) is 8. The molecule has 0 unspecified atom stereocenters. The Kier molecular flexibility index (Phi) is 6.23. The average Bonchev–Trinajstić information content (AvgIpc) is 2.76. The molecule has 0 bridgehead atoms. The summed E-state index contributed by atoms with van der Waals surface area (Å²) < 4.78 is 10.3. The number of hydrogen-bond donors (Lipinski definition) is 1. The lowest BCUT2D eigenvalue weighted by Gasteiger charge is -2.04. The molecule has 1 rings (SSSR count). The molecule has 1 N–H and O–H groups in total. The molecule has 0 aromatic carbocycles. The zero-order chi connectivity index (χ0) is 12.7. The molecule has 0 aliphatic heterocycles. The normalized spacial score (nSPS) is 12.2. The van der Waals surface area contributed by atoms with Crippen LogP contribution in [0.4, 0.5) is 5.13 Å². The highest BCUT2D eigenvalue weighted by molar-refractivity contribution is 8.02. The Bertz CT molecular complexity index is 359. The Morgan fingerprint density at radius 1 is 1.53 bits per heavy atom. The maximum atomic E-state index is 11.2. The van der Waals surface area contributed by atoms with E-state index in [1.165, 1.54) is 30.2 Å². The van der Waals surface area contributed by atoms with Crippen LogP contribution in [0.25, 0.3) is 0 Å². The van der Waals surface area contributed by atoms with Crippen molar-refractivity contribution in [3.05, 3.63) is 0 Å². The predicted octanol–water partition coefficient (Wildman–Crippen LogP) is 1.25. The summed E-state index contributed by atoms with van der Waals surface area (Å²) in [6, 6.07) is 0. The highest BCUT2D eigenvalue weighted by atomic mass is 32.2. The summed E-state index contributed by atoms with van der Waals surface area (Å²) in [5.41, 5.74) is 0. The molecular formula is C9H15N3O3S2. The van der Waals surface area contributed by atoms with E-state index in [1.807, 2.05) is 0 Å². The molecule has 0 aliphatic carbocycles. The minimum Gasteiger partial charge on any atom is -0.468 e. The lowest BCUT2D eigenvalue weighted by Crippen LogP contribution is -2.14. The van der Waals surface area contributed by atoms with Crippen LogP contribution in [0.2, 0.25) is 0 Å². The molecule has 1 aromatic rings. The summed E-state index contributed by atoms with van der Waals surface area (Å²) in [6.07, 6.45) is 0.